The zero-order chi connectivity index (χ0) is 57.4. The van der Waals surface area contributed by atoms with Gasteiger partial charge < -0.3 is 23.9 Å². The van der Waals surface area contributed by atoms with Crippen molar-refractivity contribution in [2.45, 2.75) is 70.7 Å². The Morgan fingerprint density at radius 2 is 1.03 bits per heavy atom. The van der Waals surface area contributed by atoms with Crippen LogP contribution in [0.4, 0.5) is 17.6 Å². The van der Waals surface area contributed by atoms with E-state index >= 15 is 0 Å². The fraction of sp³-hybridized carbons (Fsp3) is 0.500. The van der Waals surface area contributed by atoms with E-state index in [1.54, 1.807) is 0 Å². The van der Waals surface area contributed by atoms with E-state index in [1.165, 1.54) is 17.6 Å². The van der Waals surface area contributed by atoms with Gasteiger partial charge in [-0.05, 0) is 193 Å². The van der Waals surface area contributed by atoms with Gasteiger partial charge in [0.05, 0.1) is 36.6 Å². The minimum atomic E-state index is -0.781. The minimum Gasteiger partial charge on any atom is -0.400 e. The van der Waals surface area contributed by atoms with Crippen LogP contribution in [0.15, 0.2) is 40.3 Å². The van der Waals surface area contributed by atoms with Crippen molar-refractivity contribution >= 4 is 294 Å². The molecule has 5 rings (SSSR count). The first-order valence-corrected chi connectivity index (χ1v) is 81.5. The molecule has 0 amide bonds. The van der Waals surface area contributed by atoms with Gasteiger partial charge in [-0.3, -0.25) is 4.79 Å². The van der Waals surface area contributed by atoms with Crippen molar-refractivity contribution in [2.75, 3.05) is 26.4 Å². The Labute approximate surface area is 512 Å². The molecule has 0 saturated carbocycles. The highest BCUT2D eigenvalue weighted by atomic mass is 79.9. The lowest BCUT2D eigenvalue weighted by Gasteiger charge is -2.53. The lowest BCUT2D eigenvalue weighted by Crippen LogP contribution is -2.41. The molecule has 21 unspecified atom stereocenters. The van der Waals surface area contributed by atoms with Crippen molar-refractivity contribution in [3.05, 3.63) is 80.2 Å². The number of rotatable bonds is 19. The number of hydrogen-bond donors (Lipinski definition) is 1. The van der Waals surface area contributed by atoms with Crippen molar-refractivity contribution in [2.24, 2.45) is 0 Å². The Morgan fingerprint density at radius 1 is 0.627 bits per heavy atom. The van der Waals surface area contributed by atoms with E-state index in [9.17, 15) is 22.4 Å². The molecule has 0 radical (unpaired) electrons. The maximum atomic E-state index is 13.4. The Hall–Kier alpha value is 12.1. The first kappa shape index (κ1) is 83.2. The molecule has 2 fully saturated rings. The van der Waals surface area contributed by atoms with Crippen LogP contribution in [0.1, 0.15) is 74.4 Å². The molecule has 75 heavy (non-hydrogen) atoms. The van der Waals surface area contributed by atoms with Gasteiger partial charge in [0.2, 0.25) is 0 Å². The number of ether oxygens (including phenoxy) is 2. The van der Waals surface area contributed by atoms with Crippen molar-refractivity contribution in [3.63, 3.8) is 0 Å². The predicted molar refractivity (Wildman–Crippen MR) is 431 cm³/mol. The van der Waals surface area contributed by atoms with Gasteiger partial charge in [-0.25, -0.2) is 17.6 Å². The number of halogens is 5. The van der Waals surface area contributed by atoms with Gasteiger partial charge >= 0.3 is 7.12 Å². The summed E-state index contributed by atoms with van der Waals surface area (Å²) >= 11 is 2.91. The summed E-state index contributed by atoms with van der Waals surface area (Å²) in [7, 11) is 57.3. The topological polar surface area (TPSA) is 74.2 Å². The molecular formula is C30H71BBrF4O6P33. The second-order valence-corrected chi connectivity index (χ2v) is 149. The molecule has 21 atom stereocenters. The molecule has 3 aliphatic rings. The minimum absolute atomic E-state index is 0.0163. The highest BCUT2D eigenvalue weighted by Gasteiger charge is 2.53. The number of carbonyl (C=O) groups excluding carboxylic acids is 1. The van der Waals surface area contributed by atoms with Crippen LogP contribution in [-0.4, -0.2) is 56.1 Å². The number of aliphatic hydroxyl groups excluding tert-OH is 1. The predicted octanol–water partition coefficient (Wildman–Crippen LogP) is 25.9. The fourth-order valence-corrected chi connectivity index (χ4v) is 447. The van der Waals surface area contributed by atoms with E-state index < -0.39 is 35.4 Å². The Morgan fingerprint density at radius 3 is 1.35 bits per heavy atom. The first-order chi connectivity index (χ1) is 34.8. The summed E-state index contributed by atoms with van der Waals surface area (Å²) in [4.78, 5) is 10.4. The van der Waals surface area contributed by atoms with E-state index in [1.807, 2.05) is 0 Å². The Kier molecular flexibility index (Phi) is 47.2. The van der Waals surface area contributed by atoms with Crippen LogP contribution in [0.5, 0.6) is 0 Å². The highest BCUT2D eigenvalue weighted by molar-refractivity contribution is 9.45. The molecule has 0 spiro atoms. The molecule has 2 saturated heterocycles. The zero-order valence-corrected chi connectivity index (χ0v) is 76.8. The van der Waals surface area contributed by atoms with E-state index in [-0.39, 0.29) is 141 Å². The third kappa shape index (κ3) is 27.4. The molecule has 6 nitrogen and oxygen atoms in total. The van der Waals surface area contributed by atoms with Crippen LogP contribution >= 0.6 is 280 Å². The van der Waals surface area contributed by atoms with E-state index in [0.717, 1.165) is 46.0 Å². The lowest BCUT2D eigenvalue weighted by atomic mass is 9.75. The van der Waals surface area contributed by atoms with Gasteiger partial charge in [-0.15, -0.1) is 152 Å². The lowest BCUT2D eigenvalue weighted by molar-refractivity contribution is 0.00578. The summed E-state index contributed by atoms with van der Waals surface area (Å²) in [5, 5.41) is 8.49. The van der Waals surface area contributed by atoms with Crippen LogP contribution in [0.25, 0.3) is 0 Å². The summed E-state index contributed by atoms with van der Waals surface area (Å²) in [5.41, 5.74) is 0.570. The van der Waals surface area contributed by atoms with Crippen LogP contribution in [0.2, 0.25) is 0 Å². The van der Waals surface area contributed by atoms with Crippen molar-refractivity contribution in [3.8, 4) is 0 Å². The Balaban J connectivity index is 0.000000377. The number of hydrogen-bond acceptors (Lipinski definition) is 6. The fourth-order valence-electron chi connectivity index (χ4n) is 6.27. The molecule has 2 aromatic rings. The number of benzene rings is 2. The summed E-state index contributed by atoms with van der Waals surface area (Å²) in [6.07, 6.45) is 4.72. The van der Waals surface area contributed by atoms with Crippen molar-refractivity contribution in [1.29, 1.82) is 0 Å². The highest BCUT2D eigenvalue weighted by Crippen LogP contribution is 3.39. The van der Waals surface area contributed by atoms with Gasteiger partial charge in [0.15, 0.2) is 6.29 Å². The monoisotopic (exact) mass is 1720 g/mol. The van der Waals surface area contributed by atoms with Crippen LogP contribution in [-0.2, 0) is 25.4 Å². The molecule has 3 aliphatic heterocycles. The van der Waals surface area contributed by atoms with E-state index in [0.29, 0.717) is 29.9 Å². The number of carbonyl (C=O) groups is 1. The average Bonchev–Trinajstić information content (AvgIpc) is 3.52. The molecule has 3 heterocycles. The SMILES string of the molecule is CC1(C)OB(C2=CCOCC2)OC1(C)C.O=Cc1c(F)cc(C2CCOCC2)cc1F.OCc1c(F)cc(Br)cc1F.PPP(P(P)P)P(P(P)P)P(P(P(P)P)P(P)P)P(P(P(P)P)P(P)P)P(P(P)P)P(P)P. The van der Waals surface area contributed by atoms with Crippen LogP contribution in [0.3, 0.4) is 0 Å². The zero-order valence-electron chi connectivity index (χ0n) is 41.2. The maximum absolute atomic E-state index is 13.4. The second kappa shape index (κ2) is 42.5. The maximum Gasteiger partial charge on any atom is 0.490 e. The molecule has 45 heteroatoms. The average molecular weight is 1720 g/mol. The number of aldehydes is 1. The molecule has 0 aliphatic carbocycles. The van der Waals surface area contributed by atoms with Gasteiger partial charge in [0.1, 0.15) is 23.3 Å². The quantitative estimate of drug-likeness (QED) is 0.0654. The molecule has 0 aromatic heterocycles. The standard InChI is InChI=1S/C12H12F2O2.C11H19BO3.C7H5BrF2O.H35P33/c13-11-5-9(6-12(14)10(11)7-15)8-1-3-16-4-2-8;1-10(2)11(3,4)15-12(14-10)9-5-7-13-8-6-9;8-4-1-6(9)5(3-11)7(10)2-4;1-18-27(19(2)3)31(26(16)17)33(30(24(12)13)25(14)15)32(28(20(4)5)21(6)7)29(22(8)9)23(10)11/h5-8H,1-4H2;5H,6-8H2,1-4H3;1-2,11H,3H2;18H,1-17H2. The van der Waals surface area contributed by atoms with E-state index in [4.69, 9.17) is 23.9 Å². The molecule has 2 aromatic carbocycles. The van der Waals surface area contributed by atoms with Gasteiger partial charge in [-0.1, -0.05) is 30.0 Å². The summed E-state index contributed by atoms with van der Waals surface area (Å²) in [6, 6.07) is 4.72. The Bertz CT molecular complexity index is 1990. The third-order valence-electron chi connectivity index (χ3n) is 10.5. The third-order valence-corrected chi connectivity index (χ3v) is 231. The normalized spacial score (nSPS) is 18.5. The molecule has 1 N–H and O–H groups in total. The van der Waals surface area contributed by atoms with Gasteiger partial charge in [0.25, 0.3) is 0 Å². The first-order valence-electron chi connectivity index (χ1n) is 21.1. The van der Waals surface area contributed by atoms with E-state index in [2.05, 4.69) is 201 Å². The molecular weight excluding hydrogens is 1650 g/mol. The molecule has 430 valence electrons. The number of aliphatic hydroxyl groups is 1. The van der Waals surface area contributed by atoms with Crippen LogP contribution in [0, 0.1) is 23.3 Å². The van der Waals surface area contributed by atoms with Crippen molar-refractivity contribution < 1.29 is 46.2 Å². The smallest absolute Gasteiger partial charge is 0.400 e. The summed E-state index contributed by atoms with van der Waals surface area (Å²) in [5.74, 6) is -2.91. The van der Waals surface area contributed by atoms with Gasteiger partial charge in [0, 0.05) is 23.2 Å². The molecule has 0 bridgehead atoms. The van der Waals surface area contributed by atoms with Gasteiger partial charge in [-0.2, -0.15) is 0 Å². The van der Waals surface area contributed by atoms with Crippen molar-refractivity contribution in [1.82, 2.24) is 0 Å². The summed E-state index contributed by atoms with van der Waals surface area (Å²) in [6.45, 7) is 10.0. The largest absolute Gasteiger partial charge is 0.490 e. The van der Waals surface area contributed by atoms with Crippen LogP contribution < -0.4 is 0 Å². The summed E-state index contributed by atoms with van der Waals surface area (Å²) < 4.78 is 74.8. The second-order valence-electron chi connectivity index (χ2n) is 16.2.